The number of thioether (sulfide) groups is 1. The monoisotopic (exact) mass is 445 g/mol. The molecule has 2 aromatic rings. The van der Waals surface area contributed by atoms with Gasteiger partial charge in [-0.2, -0.15) is 11.8 Å². The first-order chi connectivity index (χ1) is 12.0. The topological polar surface area (TPSA) is 38.3 Å². The number of rotatable bonds is 8. The number of hydrogen-bond acceptors (Lipinski definition) is 3. The molecule has 3 nitrogen and oxygen atoms in total. The first kappa shape index (κ1) is 20.1. The second kappa shape index (κ2) is 10.0. The van der Waals surface area contributed by atoms with Gasteiger partial charge in [0.2, 0.25) is 0 Å². The predicted octanol–water partition coefficient (Wildman–Crippen LogP) is 4.98. The Hall–Kier alpha value is -1.24. The summed E-state index contributed by atoms with van der Waals surface area (Å²) in [5.41, 5.74) is 1.54. The lowest BCUT2D eigenvalue weighted by Gasteiger charge is -2.09. The molecule has 0 radical (unpaired) electrons. The third kappa shape index (κ3) is 6.53. The number of carbonyl (C=O) groups is 1. The second-order valence-electron chi connectivity index (χ2n) is 5.30. The van der Waals surface area contributed by atoms with Crippen molar-refractivity contribution < 1.29 is 13.9 Å². The normalized spacial score (nSPS) is 10.6. The van der Waals surface area contributed by atoms with E-state index in [4.69, 9.17) is 16.3 Å². The number of aryl methyl sites for hydroxylation is 1. The molecule has 0 bridgehead atoms. The van der Waals surface area contributed by atoms with Gasteiger partial charge in [0.15, 0.2) is 6.61 Å². The van der Waals surface area contributed by atoms with E-state index >= 15 is 0 Å². The molecule has 0 unspecified atom stereocenters. The minimum absolute atomic E-state index is 0.0368. The van der Waals surface area contributed by atoms with Crippen LogP contribution in [0.4, 0.5) is 4.39 Å². The predicted molar refractivity (Wildman–Crippen MR) is 105 cm³/mol. The Labute approximate surface area is 164 Å². The Morgan fingerprint density at radius 3 is 2.88 bits per heavy atom. The van der Waals surface area contributed by atoms with Crippen LogP contribution in [0.15, 0.2) is 40.9 Å². The van der Waals surface area contributed by atoms with Crippen molar-refractivity contribution in [3.63, 3.8) is 0 Å². The van der Waals surface area contributed by atoms with Crippen LogP contribution in [0.5, 0.6) is 5.75 Å². The molecule has 0 heterocycles. The van der Waals surface area contributed by atoms with E-state index in [0.29, 0.717) is 34.4 Å². The van der Waals surface area contributed by atoms with Gasteiger partial charge in [0.25, 0.3) is 5.91 Å². The highest BCUT2D eigenvalue weighted by Crippen LogP contribution is 2.23. The molecule has 0 atom stereocenters. The average molecular weight is 447 g/mol. The molecule has 0 aliphatic carbocycles. The highest BCUT2D eigenvalue weighted by atomic mass is 79.9. The molecule has 0 saturated carbocycles. The second-order valence-corrected chi connectivity index (χ2v) is 7.67. The van der Waals surface area contributed by atoms with Crippen LogP contribution in [0.3, 0.4) is 0 Å². The summed E-state index contributed by atoms with van der Waals surface area (Å²) in [6, 6.07) is 10.2. The first-order valence-corrected chi connectivity index (χ1v) is 9.96. The number of amides is 1. The zero-order chi connectivity index (χ0) is 18.2. The molecule has 0 aliphatic heterocycles. The molecule has 0 spiro atoms. The number of ether oxygens (including phenoxy) is 1. The molecular formula is C18H18BrClFNO2S. The van der Waals surface area contributed by atoms with E-state index in [-0.39, 0.29) is 18.3 Å². The van der Waals surface area contributed by atoms with Crippen molar-refractivity contribution >= 4 is 45.2 Å². The highest BCUT2D eigenvalue weighted by Gasteiger charge is 2.07. The van der Waals surface area contributed by atoms with Crippen LogP contribution < -0.4 is 10.1 Å². The number of nitrogens with one attached hydrogen (secondary N) is 1. The minimum Gasteiger partial charge on any atom is -0.484 e. The summed E-state index contributed by atoms with van der Waals surface area (Å²) in [7, 11) is 0. The minimum atomic E-state index is -0.303. The molecule has 1 N–H and O–H groups in total. The standard InChI is InChI=1S/C18H18BrClFNO2S/c1-12-9-13(5-6-15(12)19)24-10-18(23)22-7-8-25-11-14-16(20)3-2-4-17(14)21/h2-6,9H,7-8,10-11H2,1H3,(H,22,23). The maximum absolute atomic E-state index is 13.6. The number of halogens is 3. The van der Waals surface area contributed by atoms with Gasteiger partial charge in [-0.3, -0.25) is 4.79 Å². The van der Waals surface area contributed by atoms with Crippen LogP contribution in [0.25, 0.3) is 0 Å². The van der Waals surface area contributed by atoms with Crippen LogP contribution in [0, 0.1) is 12.7 Å². The summed E-state index contributed by atoms with van der Waals surface area (Å²) in [5.74, 6) is 1.29. The summed E-state index contributed by atoms with van der Waals surface area (Å²) in [5, 5.41) is 3.20. The van der Waals surface area contributed by atoms with E-state index < -0.39 is 0 Å². The highest BCUT2D eigenvalue weighted by molar-refractivity contribution is 9.10. The zero-order valence-electron chi connectivity index (χ0n) is 13.7. The van der Waals surface area contributed by atoms with Gasteiger partial charge in [-0.15, -0.1) is 0 Å². The summed E-state index contributed by atoms with van der Waals surface area (Å²) in [6.07, 6.45) is 0. The molecular weight excluding hydrogens is 429 g/mol. The van der Waals surface area contributed by atoms with Gasteiger partial charge in [-0.1, -0.05) is 33.6 Å². The molecule has 7 heteroatoms. The van der Waals surface area contributed by atoms with Crippen LogP contribution in [0.2, 0.25) is 5.02 Å². The van der Waals surface area contributed by atoms with Gasteiger partial charge >= 0.3 is 0 Å². The number of carbonyl (C=O) groups excluding carboxylic acids is 1. The third-order valence-electron chi connectivity index (χ3n) is 3.38. The third-order valence-corrected chi connectivity index (χ3v) is 5.61. The number of benzene rings is 2. The average Bonchev–Trinajstić information content (AvgIpc) is 2.58. The molecule has 25 heavy (non-hydrogen) atoms. The van der Waals surface area contributed by atoms with E-state index in [1.165, 1.54) is 17.8 Å². The van der Waals surface area contributed by atoms with Crippen LogP contribution in [-0.2, 0) is 10.5 Å². The van der Waals surface area contributed by atoms with E-state index in [9.17, 15) is 9.18 Å². The lowest BCUT2D eigenvalue weighted by Crippen LogP contribution is -2.30. The zero-order valence-corrected chi connectivity index (χ0v) is 16.8. The number of hydrogen-bond donors (Lipinski definition) is 1. The quantitative estimate of drug-likeness (QED) is 0.581. The maximum atomic E-state index is 13.6. The lowest BCUT2D eigenvalue weighted by atomic mass is 10.2. The molecule has 134 valence electrons. The van der Waals surface area contributed by atoms with Crippen LogP contribution >= 0.6 is 39.3 Å². The molecule has 0 aliphatic rings. The first-order valence-electron chi connectivity index (χ1n) is 7.63. The molecule has 2 aromatic carbocycles. The van der Waals surface area contributed by atoms with Crippen molar-refractivity contribution in [3.05, 3.63) is 62.8 Å². The van der Waals surface area contributed by atoms with Crippen molar-refractivity contribution in [1.29, 1.82) is 0 Å². The van der Waals surface area contributed by atoms with Gasteiger partial charge < -0.3 is 10.1 Å². The Morgan fingerprint density at radius 2 is 2.16 bits per heavy atom. The van der Waals surface area contributed by atoms with Crippen molar-refractivity contribution in [1.82, 2.24) is 5.32 Å². The summed E-state index contributed by atoms with van der Waals surface area (Å²) >= 11 is 10.9. The molecule has 0 fully saturated rings. The SMILES string of the molecule is Cc1cc(OCC(=O)NCCSCc2c(F)cccc2Cl)ccc1Br. The fourth-order valence-electron chi connectivity index (χ4n) is 2.01. The van der Waals surface area contributed by atoms with Gasteiger partial charge in [0.05, 0.1) is 0 Å². The van der Waals surface area contributed by atoms with Crippen molar-refractivity contribution in [3.8, 4) is 5.75 Å². The van der Waals surface area contributed by atoms with Crippen molar-refractivity contribution in [2.24, 2.45) is 0 Å². The molecule has 2 rings (SSSR count). The van der Waals surface area contributed by atoms with Crippen molar-refractivity contribution in [2.45, 2.75) is 12.7 Å². The van der Waals surface area contributed by atoms with Crippen LogP contribution in [0.1, 0.15) is 11.1 Å². The largest absolute Gasteiger partial charge is 0.484 e. The maximum Gasteiger partial charge on any atom is 0.257 e. The van der Waals surface area contributed by atoms with E-state index in [0.717, 1.165) is 10.0 Å². The Morgan fingerprint density at radius 1 is 1.36 bits per heavy atom. The van der Waals surface area contributed by atoms with E-state index in [2.05, 4.69) is 21.2 Å². The molecule has 1 amide bonds. The van der Waals surface area contributed by atoms with Crippen LogP contribution in [-0.4, -0.2) is 24.8 Å². The Kier molecular flexibility index (Phi) is 8.06. The summed E-state index contributed by atoms with van der Waals surface area (Å²) in [4.78, 5) is 11.8. The summed E-state index contributed by atoms with van der Waals surface area (Å²) in [6.45, 7) is 2.40. The smallest absolute Gasteiger partial charge is 0.257 e. The lowest BCUT2D eigenvalue weighted by molar-refractivity contribution is -0.122. The van der Waals surface area contributed by atoms with E-state index in [1.807, 2.05) is 19.1 Å². The fraction of sp³-hybridized carbons (Fsp3) is 0.278. The van der Waals surface area contributed by atoms with Gasteiger partial charge in [0.1, 0.15) is 11.6 Å². The Bertz CT molecular complexity index is 725. The van der Waals surface area contributed by atoms with Crippen molar-refractivity contribution in [2.75, 3.05) is 18.9 Å². The van der Waals surface area contributed by atoms with E-state index in [1.54, 1.807) is 18.2 Å². The van der Waals surface area contributed by atoms with Gasteiger partial charge in [-0.25, -0.2) is 4.39 Å². The summed E-state index contributed by atoms with van der Waals surface area (Å²) < 4.78 is 20.1. The van der Waals surface area contributed by atoms with Gasteiger partial charge in [-0.05, 0) is 42.8 Å². The molecule has 0 aromatic heterocycles. The molecule has 0 saturated heterocycles. The van der Waals surface area contributed by atoms with Gasteiger partial charge in [0, 0.05) is 33.1 Å². The fourth-order valence-corrected chi connectivity index (χ4v) is 3.46. The Balaban J connectivity index is 1.64.